The van der Waals surface area contributed by atoms with Crippen LogP contribution >= 0.6 is 11.3 Å². The fourth-order valence-corrected chi connectivity index (χ4v) is 2.60. The number of aryl methyl sites for hydroxylation is 1. The molecule has 96 valence electrons. The summed E-state index contributed by atoms with van der Waals surface area (Å²) in [6.07, 6.45) is 4.12. The lowest BCUT2D eigenvalue weighted by Gasteiger charge is -1.93. The highest BCUT2D eigenvalue weighted by Crippen LogP contribution is 2.32. The molecule has 0 amide bonds. The van der Waals surface area contributed by atoms with Crippen molar-refractivity contribution in [2.75, 3.05) is 5.73 Å². The molecule has 3 aromatic heterocycles. The molecular formula is C13H12N4OS. The smallest absolute Gasteiger partial charge is 0.260 e. The number of hydrogen-bond donors (Lipinski definition) is 1. The Balaban J connectivity index is 1.86. The molecule has 0 unspecified atom stereocenters. The van der Waals surface area contributed by atoms with Crippen LogP contribution < -0.4 is 5.73 Å². The second-order valence-corrected chi connectivity index (χ2v) is 5.48. The highest BCUT2D eigenvalue weighted by molar-refractivity contribution is 7.16. The van der Waals surface area contributed by atoms with Crippen LogP contribution in [0.5, 0.6) is 0 Å². The monoisotopic (exact) mass is 272 g/mol. The van der Waals surface area contributed by atoms with Gasteiger partial charge in [0.2, 0.25) is 0 Å². The van der Waals surface area contributed by atoms with Gasteiger partial charge in [0.15, 0.2) is 5.82 Å². The van der Waals surface area contributed by atoms with Crippen molar-refractivity contribution in [1.82, 2.24) is 15.1 Å². The fraction of sp³-hybridized carbons (Fsp3) is 0.154. The maximum absolute atomic E-state index is 5.92. The van der Waals surface area contributed by atoms with Gasteiger partial charge in [-0.15, -0.1) is 11.3 Å². The van der Waals surface area contributed by atoms with Crippen LogP contribution in [0.3, 0.4) is 0 Å². The lowest BCUT2D eigenvalue weighted by Crippen LogP contribution is -1.91. The first-order valence-corrected chi connectivity index (χ1v) is 6.62. The van der Waals surface area contributed by atoms with Crippen LogP contribution in [0.4, 0.5) is 5.00 Å². The van der Waals surface area contributed by atoms with Crippen LogP contribution in [0.25, 0.3) is 11.5 Å². The van der Waals surface area contributed by atoms with Gasteiger partial charge in [-0.1, -0.05) is 11.2 Å². The second kappa shape index (κ2) is 4.81. The maximum atomic E-state index is 5.92. The molecular weight excluding hydrogens is 260 g/mol. The average Bonchev–Trinajstić information content (AvgIpc) is 2.97. The van der Waals surface area contributed by atoms with E-state index in [0.717, 1.165) is 16.0 Å². The van der Waals surface area contributed by atoms with Gasteiger partial charge in [0.05, 0.1) is 10.6 Å². The fourth-order valence-electron chi connectivity index (χ4n) is 1.82. The molecule has 0 saturated carbocycles. The number of rotatable bonds is 3. The number of hydrogen-bond acceptors (Lipinski definition) is 6. The molecule has 19 heavy (non-hydrogen) atoms. The quantitative estimate of drug-likeness (QED) is 0.793. The molecule has 0 bridgehead atoms. The predicted molar refractivity (Wildman–Crippen MR) is 73.8 cm³/mol. The summed E-state index contributed by atoms with van der Waals surface area (Å²) in [7, 11) is 0. The van der Waals surface area contributed by atoms with Crippen molar-refractivity contribution < 1.29 is 4.52 Å². The molecule has 0 aliphatic rings. The summed E-state index contributed by atoms with van der Waals surface area (Å²) in [5, 5.41) is 4.68. The van der Waals surface area contributed by atoms with Crippen molar-refractivity contribution >= 4 is 16.3 Å². The van der Waals surface area contributed by atoms with Crippen molar-refractivity contribution in [1.29, 1.82) is 0 Å². The second-order valence-electron chi connectivity index (χ2n) is 4.19. The third-order valence-corrected chi connectivity index (χ3v) is 3.55. The maximum Gasteiger partial charge on any atom is 0.260 e. The molecule has 6 heteroatoms. The van der Waals surface area contributed by atoms with E-state index in [0.29, 0.717) is 23.1 Å². The molecule has 3 heterocycles. The van der Waals surface area contributed by atoms with E-state index in [1.807, 2.05) is 25.1 Å². The van der Waals surface area contributed by atoms with Gasteiger partial charge >= 0.3 is 0 Å². The highest BCUT2D eigenvalue weighted by Gasteiger charge is 2.14. The molecule has 0 atom stereocenters. The van der Waals surface area contributed by atoms with Crippen molar-refractivity contribution in [2.45, 2.75) is 13.3 Å². The molecule has 0 aromatic carbocycles. The molecule has 3 aromatic rings. The first kappa shape index (κ1) is 11.9. The van der Waals surface area contributed by atoms with Crippen LogP contribution in [-0.2, 0) is 6.42 Å². The van der Waals surface area contributed by atoms with E-state index in [1.165, 1.54) is 11.3 Å². The van der Waals surface area contributed by atoms with Crippen LogP contribution in [0.15, 0.2) is 35.1 Å². The normalized spacial score (nSPS) is 10.8. The standard InChI is InChI=1S/C13H12N4OS/c1-8-5-10(12(14)19-8)13-16-11(17-18-13)6-9-3-2-4-15-7-9/h2-5,7H,6,14H2,1H3. The van der Waals surface area contributed by atoms with Gasteiger partial charge in [0.1, 0.15) is 0 Å². The largest absolute Gasteiger partial charge is 0.390 e. The molecule has 2 N–H and O–H groups in total. The summed E-state index contributed by atoms with van der Waals surface area (Å²) >= 11 is 1.52. The number of nitrogen functional groups attached to an aromatic ring is 1. The Morgan fingerprint density at radius 1 is 1.42 bits per heavy atom. The molecule has 0 radical (unpaired) electrons. The highest BCUT2D eigenvalue weighted by atomic mass is 32.1. The van der Waals surface area contributed by atoms with E-state index < -0.39 is 0 Å². The van der Waals surface area contributed by atoms with Gasteiger partial charge in [-0.2, -0.15) is 4.98 Å². The van der Waals surface area contributed by atoms with E-state index in [4.69, 9.17) is 10.3 Å². The van der Waals surface area contributed by atoms with E-state index in [2.05, 4.69) is 15.1 Å². The Labute approximate surface area is 114 Å². The average molecular weight is 272 g/mol. The summed E-state index contributed by atoms with van der Waals surface area (Å²) in [6, 6.07) is 5.82. The number of aromatic nitrogens is 3. The summed E-state index contributed by atoms with van der Waals surface area (Å²) in [4.78, 5) is 9.55. The first-order valence-electron chi connectivity index (χ1n) is 5.80. The summed E-state index contributed by atoms with van der Waals surface area (Å²) in [5.41, 5.74) is 7.77. The van der Waals surface area contributed by atoms with Crippen LogP contribution in [0.2, 0.25) is 0 Å². The van der Waals surface area contributed by atoms with Crippen molar-refractivity contribution in [3.63, 3.8) is 0 Å². The van der Waals surface area contributed by atoms with E-state index in [9.17, 15) is 0 Å². The Bertz CT molecular complexity index is 690. The van der Waals surface area contributed by atoms with Gasteiger partial charge < -0.3 is 10.3 Å². The predicted octanol–water partition coefficient (Wildman–Crippen LogP) is 2.67. The molecule has 3 rings (SSSR count). The van der Waals surface area contributed by atoms with Crippen LogP contribution in [-0.4, -0.2) is 15.1 Å². The van der Waals surface area contributed by atoms with Gasteiger partial charge in [-0.3, -0.25) is 4.98 Å². The Hall–Kier alpha value is -2.21. The zero-order valence-electron chi connectivity index (χ0n) is 10.3. The Kier molecular flexibility index (Phi) is 3.00. The number of nitrogens with zero attached hydrogens (tertiary/aromatic N) is 3. The van der Waals surface area contributed by atoms with Gasteiger partial charge in [-0.25, -0.2) is 0 Å². The Morgan fingerprint density at radius 3 is 3.00 bits per heavy atom. The number of anilines is 1. The zero-order chi connectivity index (χ0) is 13.2. The van der Waals surface area contributed by atoms with E-state index >= 15 is 0 Å². The Morgan fingerprint density at radius 2 is 2.32 bits per heavy atom. The minimum absolute atomic E-state index is 0.473. The number of pyridine rings is 1. The third kappa shape index (κ3) is 2.48. The molecule has 0 saturated heterocycles. The summed E-state index contributed by atoms with van der Waals surface area (Å²) in [6.45, 7) is 2.00. The summed E-state index contributed by atoms with van der Waals surface area (Å²) < 4.78 is 5.26. The van der Waals surface area contributed by atoms with Gasteiger partial charge in [0.25, 0.3) is 5.89 Å². The molecule has 0 spiro atoms. The van der Waals surface area contributed by atoms with E-state index in [-0.39, 0.29) is 0 Å². The topological polar surface area (TPSA) is 77.8 Å². The van der Waals surface area contributed by atoms with Crippen LogP contribution in [0.1, 0.15) is 16.3 Å². The number of thiophene rings is 1. The van der Waals surface area contributed by atoms with Crippen LogP contribution in [0, 0.1) is 6.92 Å². The van der Waals surface area contributed by atoms with Gasteiger partial charge in [-0.05, 0) is 24.6 Å². The van der Waals surface area contributed by atoms with Gasteiger partial charge in [0, 0.05) is 23.7 Å². The number of nitrogens with two attached hydrogens (primary N) is 1. The SMILES string of the molecule is Cc1cc(-c2nc(Cc3cccnc3)no2)c(N)s1. The van der Waals surface area contributed by atoms with Crippen molar-refractivity contribution in [3.8, 4) is 11.5 Å². The third-order valence-electron chi connectivity index (χ3n) is 2.67. The minimum Gasteiger partial charge on any atom is -0.390 e. The molecule has 5 nitrogen and oxygen atoms in total. The lowest BCUT2D eigenvalue weighted by molar-refractivity contribution is 0.424. The van der Waals surface area contributed by atoms with Crippen molar-refractivity contribution in [2.24, 2.45) is 0 Å². The first-order chi connectivity index (χ1) is 9.22. The molecule has 0 aliphatic heterocycles. The summed E-state index contributed by atoms with van der Waals surface area (Å²) in [5.74, 6) is 1.10. The molecule has 0 fully saturated rings. The molecule has 0 aliphatic carbocycles. The lowest BCUT2D eigenvalue weighted by atomic mass is 10.2. The van der Waals surface area contributed by atoms with Crippen molar-refractivity contribution in [3.05, 3.63) is 46.9 Å². The zero-order valence-corrected chi connectivity index (χ0v) is 11.1. The minimum atomic E-state index is 0.473. The van der Waals surface area contributed by atoms with E-state index in [1.54, 1.807) is 12.4 Å².